The van der Waals surface area contributed by atoms with Crippen LogP contribution in [0.3, 0.4) is 0 Å². The van der Waals surface area contributed by atoms with Crippen molar-refractivity contribution in [3.8, 4) is 0 Å². The molecular weight excluding hydrogens is 429 g/mol. The van der Waals surface area contributed by atoms with Gasteiger partial charge in [-0.3, -0.25) is 4.79 Å². The van der Waals surface area contributed by atoms with Gasteiger partial charge in [0.2, 0.25) is 5.91 Å². The van der Waals surface area contributed by atoms with Gasteiger partial charge in [-0.15, -0.1) is 0 Å². The Balaban J connectivity index is 2.96. The van der Waals surface area contributed by atoms with Crippen LogP contribution in [-0.4, -0.2) is 48.4 Å². The highest BCUT2D eigenvalue weighted by atomic mass is 19.4. The standard InChI is InChI=1S/C22H31F3N2O5/c1-5-31-19(29)16(12-9-13-22(23,24)25)26-18(28)17(14-15-10-7-6-8-11-15)27-20(30)32-21(2,3)4/h6-8,10-11,16-17H,5,9,12-14H2,1-4H3,(H,26,28)(H,27,30)/t16-,17-/m1/s1. The van der Waals surface area contributed by atoms with Crippen molar-refractivity contribution < 1.29 is 37.0 Å². The van der Waals surface area contributed by atoms with Gasteiger partial charge in [0.15, 0.2) is 0 Å². The zero-order chi connectivity index (χ0) is 24.4. The molecule has 0 aromatic heterocycles. The SMILES string of the molecule is CCOC(=O)[C@@H](CCCC(F)(F)F)NC(=O)[C@@H](Cc1ccccc1)NC(=O)OC(C)(C)C. The number of carbonyl (C=O) groups is 3. The highest BCUT2D eigenvalue weighted by Crippen LogP contribution is 2.23. The molecule has 0 unspecified atom stereocenters. The first-order valence-corrected chi connectivity index (χ1v) is 10.4. The highest BCUT2D eigenvalue weighted by molar-refractivity contribution is 5.89. The second-order valence-corrected chi connectivity index (χ2v) is 8.21. The van der Waals surface area contributed by atoms with Crippen molar-refractivity contribution in [1.82, 2.24) is 10.6 Å². The van der Waals surface area contributed by atoms with Crippen molar-refractivity contribution in [2.24, 2.45) is 0 Å². The van der Waals surface area contributed by atoms with Gasteiger partial charge in [0, 0.05) is 12.8 Å². The van der Waals surface area contributed by atoms with Gasteiger partial charge in [-0.2, -0.15) is 13.2 Å². The number of ether oxygens (including phenoxy) is 2. The smallest absolute Gasteiger partial charge is 0.408 e. The lowest BCUT2D eigenvalue weighted by Gasteiger charge is -2.25. The molecule has 1 aromatic carbocycles. The van der Waals surface area contributed by atoms with E-state index in [-0.39, 0.29) is 25.9 Å². The van der Waals surface area contributed by atoms with Crippen molar-refractivity contribution in [2.45, 2.75) is 77.2 Å². The van der Waals surface area contributed by atoms with Gasteiger partial charge < -0.3 is 20.1 Å². The molecule has 2 atom stereocenters. The number of alkyl halides is 3. The molecule has 0 spiro atoms. The van der Waals surface area contributed by atoms with Gasteiger partial charge in [0.05, 0.1) is 6.61 Å². The van der Waals surface area contributed by atoms with Crippen LogP contribution in [0.1, 0.15) is 52.5 Å². The van der Waals surface area contributed by atoms with Crippen LogP contribution in [0.5, 0.6) is 0 Å². The van der Waals surface area contributed by atoms with Crippen molar-refractivity contribution >= 4 is 18.0 Å². The Morgan fingerprint density at radius 3 is 2.16 bits per heavy atom. The summed E-state index contributed by atoms with van der Waals surface area (Å²) in [5.74, 6) is -1.57. The summed E-state index contributed by atoms with van der Waals surface area (Å²) in [5.41, 5.74) is -0.0726. The summed E-state index contributed by atoms with van der Waals surface area (Å²) in [6.45, 7) is 6.55. The maximum atomic E-state index is 12.9. The van der Waals surface area contributed by atoms with E-state index in [1.54, 1.807) is 58.0 Å². The van der Waals surface area contributed by atoms with Gasteiger partial charge in [-0.25, -0.2) is 9.59 Å². The van der Waals surface area contributed by atoms with E-state index in [9.17, 15) is 27.6 Å². The average molecular weight is 460 g/mol. The Kier molecular flexibility index (Phi) is 10.5. The van der Waals surface area contributed by atoms with E-state index in [0.29, 0.717) is 0 Å². The van der Waals surface area contributed by atoms with E-state index in [1.807, 2.05) is 0 Å². The van der Waals surface area contributed by atoms with Crippen LogP contribution in [0, 0.1) is 0 Å². The van der Waals surface area contributed by atoms with E-state index in [4.69, 9.17) is 9.47 Å². The molecule has 180 valence electrons. The van der Waals surface area contributed by atoms with Gasteiger partial charge in [0.1, 0.15) is 17.7 Å². The lowest BCUT2D eigenvalue weighted by molar-refractivity contribution is -0.149. The van der Waals surface area contributed by atoms with Crippen LogP contribution in [-0.2, 0) is 25.5 Å². The van der Waals surface area contributed by atoms with E-state index < -0.39 is 48.3 Å². The molecule has 1 rings (SSSR count). The van der Waals surface area contributed by atoms with Crippen LogP contribution in [0.25, 0.3) is 0 Å². The fraction of sp³-hybridized carbons (Fsp3) is 0.591. The first-order valence-electron chi connectivity index (χ1n) is 10.4. The average Bonchev–Trinajstić information content (AvgIpc) is 2.65. The van der Waals surface area contributed by atoms with Gasteiger partial charge >= 0.3 is 18.2 Å². The lowest BCUT2D eigenvalue weighted by atomic mass is 10.0. The second-order valence-electron chi connectivity index (χ2n) is 8.21. The quantitative estimate of drug-likeness (QED) is 0.517. The van der Waals surface area contributed by atoms with Crippen molar-refractivity contribution in [3.63, 3.8) is 0 Å². The number of hydrogen-bond donors (Lipinski definition) is 2. The summed E-state index contributed by atoms with van der Waals surface area (Å²) >= 11 is 0. The van der Waals surface area contributed by atoms with Crippen LogP contribution in [0.2, 0.25) is 0 Å². The number of hydrogen-bond acceptors (Lipinski definition) is 5. The predicted molar refractivity (Wildman–Crippen MR) is 112 cm³/mol. The van der Waals surface area contributed by atoms with E-state index in [1.165, 1.54) is 0 Å². The minimum absolute atomic E-state index is 0.00801. The molecule has 2 amide bonds. The lowest BCUT2D eigenvalue weighted by Crippen LogP contribution is -2.53. The molecule has 0 aliphatic rings. The minimum atomic E-state index is -4.38. The zero-order valence-electron chi connectivity index (χ0n) is 18.8. The monoisotopic (exact) mass is 460 g/mol. The maximum Gasteiger partial charge on any atom is 0.408 e. The fourth-order valence-corrected chi connectivity index (χ4v) is 2.78. The highest BCUT2D eigenvalue weighted by Gasteiger charge is 2.31. The van der Waals surface area contributed by atoms with Gasteiger partial charge in [-0.05, 0) is 46.1 Å². The Bertz CT molecular complexity index is 748. The molecule has 0 saturated heterocycles. The third-order valence-electron chi connectivity index (χ3n) is 4.13. The molecule has 7 nitrogen and oxygen atoms in total. The molecule has 0 heterocycles. The van der Waals surface area contributed by atoms with E-state index in [2.05, 4.69) is 10.6 Å². The van der Waals surface area contributed by atoms with Crippen LogP contribution < -0.4 is 10.6 Å². The summed E-state index contributed by atoms with van der Waals surface area (Å²) in [6, 6.07) is 6.42. The first kappa shape index (κ1) is 27.3. The molecule has 0 aliphatic carbocycles. The third-order valence-corrected chi connectivity index (χ3v) is 4.13. The molecule has 0 saturated carbocycles. The van der Waals surface area contributed by atoms with Crippen LogP contribution in [0.15, 0.2) is 30.3 Å². The predicted octanol–water partition coefficient (Wildman–Crippen LogP) is 3.90. The molecular formula is C22H31F3N2O5. The summed E-state index contributed by atoms with van der Waals surface area (Å²) in [6.07, 6.45) is -6.84. The Hall–Kier alpha value is -2.78. The number of benzene rings is 1. The molecule has 0 bridgehead atoms. The summed E-state index contributed by atoms with van der Waals surface area (Å²) in [5, 5.41) is 4.90. The van der Waals surface area contributed by atoms with Crippen LogP contribution in [0.4, 0.5) is 18.0 Å². The van der Waals surface area contributed by atoms with Crippen molar-refractivity contribution in [1.29, 1.82) is 0 Å². The molecule has 0 radical (unpaired) electrons. The number of carbonyl (C=O) groups excluding carboxylic acids is 3. The first-order chi connectivity index (χ1) is 14.8. The molecule has 10 heteroatoms. The van der Waals surface area contributed by atoms with Crippen molar-refractivity contribution in [2.75, 3.05) is 6.61 Å². The maximum absolute atomic E-state index is 12.9. The zero-order valence-corrected chi connectivity index (χ0v) is 18.8. The third kappa shape index (κ3) is 11.6. The van der Waals surface area contributed by atoms with Gasteiger partial charge in [-0.1, -0.05) is 30.3 Å². The Morgan fingerprint density at radius 2 is 1.62 bits per heavy atom. The number of alkyl carbamates (subject to hydrolysis) is 1. The number of nitrogens with one attached hydrogen (secondary N) is 2. The largest absolute Gasteiger partial charge is 0.464 e. The Labute approximate surface area is 186 Å². The molecule has 0 aliphatic heterocycles. The minimum Gasteiger partial charge on any atom is -0.464 e. The molecule has 1 aromatic rings. The Morgan fingerprint density at radius 1 is 1.00 bits per heavy atom. The normalized spacial score (nSPS) is 13.6. The number of esters is 1. The molecule has 2 N–H and O–H groups in total. The molecule has 0 fully saturated rings. The summed E-state index contributed by atoms with van der Waals surface area (Å²) in [4.78, 5) is 37.3. The van der Waals surface area contributed by atoms with E-state index in [0.717, 1.165) is 5.56 Å². The fourth-order valence-electron chi connectivity index (χ4n) is 2.78. The number of halogens is 3. The van der Waals surface area contributed by atoms with Gasteiger partial charge in [0.25, 0.3) is 0 Å². The number of amides is 2. The van der Waals surface area contributed by atoms with Crippen molar-refractivity contribution in [3.05, 3.63) is 35.9 Å². The van der Waals surface area contributed by atoms with E-state index >= 15 is 0 Å². The second kappa shape index (κ2) is 12.3. The van der Waals surface area contributed by atoms with Crippen LogP contribution >= 0.6 is 0 Å². The summed E-state index contributed by atoms with van der Waals surface area (Å²) < 4.78 is 47.6. The summed E-state index contributed by atoms with van der Waals surface area (Å²) in [7, 11) is 0. The number of rotatable bonds is 10. The topological polar surface area (TPSA) is 93.7 Å². The molecule has 32 heavy (non-hydrogen) atoms.